The topological polar surface area (TPSA) is 60.7 Å². The molecular formula is C15H26O3. The average Bonchev–Trinajstić information content (AvgIpc) is 2.34. The van der Waals surface area contributed by atoms with Crippen LogP contribution in [0.1, 0.15) is 46.5 Å². The fraction of sp³-hybridized carbons (Fsp3) is 0.867. The second kappa shape index (κ2) is 4.62. The van der Waals surface area contributed by atoms with Crippen molar-refractivity contribution in [2.24, 2.45) is 17.3 Å². The highest BCUT2D eigenvalue weighted by Crippen LogP contribution is 2.53. The molecule has 0 radical (unpaired) electrons. The first kappa shape index (κ1) is 14.0. The molecule has 0 aliphatic heterocycles. The second-order valence-electron chi connectivity index (χ2n) is 6.69. The summed E-state index contributed by atoms with van der Waals surface area (Å²) >= 11 is 0. The van der Waals surface area contributed by atoms with Crippen LogP contribution < -0.4 is 0 Å². The normalized spacial score (nSPS) is 43.9. The zero-order valence-electron chi connectivity index (χ0n) is 11.7. The summed E-state index contributed by atoms with van der Waals surface area (Å²) in [6.07, 6.45) is 5.50. The third-order valence-electron chi connectivity index (χ3n) is 5.54. The van der Waals surface area contributed by atoms with Crippen molar-refractivity contribution < 1.29 is 15.3 Å². The molecule has 1 fully saturated rings. The summed E-state index contributed by atoms with van der Waals surface area (Å²) in [5, 5.41) is 29.7. The van der Waals surface area contributed by atoms with Gasteiger partial charge in [-0.05, 0) is 49.9 Å². The quantitative estimate of drug-likeness (QED) is 0.659. The van der Waals surface area contributed by atoms with Crippen molar-refractivity contribution >= 4 is 0 Å². The van der Waals surface area contributed by atoms with Crippen LogP contribution in [0, 0.1) is 17.3 Å². The summed E-state index contributed by atoms with van der Waals surface area (Å²) in [7, 11) is 0. The lowest BCUT2D eigenvalue weighted by atomic mass is 9.56. The zero-order chi connectivity index (χ0) is 13.6. The monoisotopic (exact) mass is 254 g/mol. The standard InChI is InChI=1S/C15H26O3/c1-10-13(17)7-6-11-4-5-12(8-14(10,11)2)15(3,18)9-16/h4,10,12-13,16-18H,5-9H2,1-3H3. The molecule has 3 N–H and O–H groups in total. The molecule has 0 amide bonds. The maximum atomic E-state index is 10.3. The molecule has 0 aromatic heterocycles. The minimum Gasteiger partial charge on any atom is -0.393 e. The van der Waals surface area contributed by atoms with Crippen LogP contribution in [0.15, 0.2) is 11.6 Å². The number of allylic oxidation sites excluding steroid dienone is 2. The van der Waals surface area contributed by atoms with Crippen LogP contribution in [-0.2, 0) is 0 Å². The van der Waals surface area contributed by atoms with Crippen molar-refractivity contribution in [1.29, 1.82) is 0 Å². The first-order valence-electron chi connectivity index (χ1n) is 7.02. The van der Waals surface area contributed by atoms with Crippen LogP contribution in [0.25, 0.3) is 0 Å². The molecule has 0 spiro atoms. The van der Waals surface area contributed by atoms with E-state index in [4.69, 9.17) is 0 Å². The molecular weight excluding hydrogens is 228 g/mol. The Morgan fingerprint density at radius 2 is 2.17 bits per heavy atom. The van der Waals surface area contributed by atoms with Crippen LogP contribution in [0.5, 0.6) is 0 Å². The molecule has 0 bridgehead atoms. The van der Waals surface area contributed by atoms with Gasteiger partial charge < -0.3 is 15.3 Å². The van der Waals surface area contributed by atoms with Gasteiger partial charge in [-0.1, -0.05) is 25.5 Å². The number of rotatable bonds is 2. The van der Waals surface area contributed by atoms with Gasteiger partial charge in [0, 0.05) is 0 Å². The molecule has 3 heteroatoms. The minimum atomic E-state index is -1.02. The van der Waals surface area contributed by atoms with Gasteiger partial charge in [0.05, 0.1) is 18.3 Å². The molecule has 1 saturated carbocycles. The minimum absolute atomic E-state index is 0.0280. The predicted octanol–water partition coefficient (Wildman–Crippen LogP) is 1.86. The van der Waals surface area contributed by atoms with Crippen molar-refractivity contribution in [3.8, 4) is 0 Å². The fourth-order valence-corrected chi connectivity index (χ4v) is 3.69. The van der Waals surface area contributed by atoms with Crippen LogP contribution in [0.4, 0.5) is 0 Å². The number of fused-ring (bicyclic) bond motifs is 1. The molecule has 3 nitrogen and oxygen atoms in total. The average molecular weight is 254 g/mol. The molecule has 0 saturated heterocycles. The lowest BCUT2D eigenvalue weighted by Crippen LogP contribution is -2.48. The Kier molecular flexibility index (Phi) is 3.60. The van der Waals surface area contributed by atoms with Gasteiger partial charge in [0.2, 0.25) is 0 Å². The van der Waals surface area contributed by atoms with Gasteiger partial charge in [0.15, 0.2) is 0 Å². The van der Waals surface area contributed by atoms with Crippen LogP contribution in [0.2, 0.25) is 0 Å². The highest BCUT2D eigenvalue weighted by Gasteiger charge is 2.48. The summed E-state index contributed by atoms with van der Waals surface area (Å²) in [4.78, 5) is 0. The molecule has 5 unspecified atom stereocenters. The fourth-order valence-electron chi connectivity index (χ4n) is 3.69. The van der Waals surface area contributed by atoms with Crippen molar-refractivity contribution in [1.82, 2.24) is 0 Å². The zero-order valence-corrected chi connectivity index (χ0v) is 11.7. The molecule has 2 aliphatic rings. The predicted molar refractivity (Wildman–Crippen MR) is 71.0 cm³/mol. The van der Waals surface area contributed by atoms with Crippen molar-refractivity contribution in [3.63, 3.8) is 0 Å². The van der Waals surface area contributed by atoms with Gasteiger partial charge in [-0.3, -0.25) is 0 Å². The molecule has 18 heavy (non-hydrogen) atoms. The van der Waals surface area contributed by atoms with Crippen molar-refractivity contribution in [2.75, 3.05) is 6.61 Å². The number of hydrogen-bond donors (Lipinski definition) is 3. The van der Waals surface area contributed by atoms with Crippen LogP contribution in [-0.4, -0.2) is 33.6 Å². The Bertz CT molecular complexity index is 348. The van der Waals surface area contributed by atoms with E-state index in [0.717, 1.165) is 25.7 Å². The van der Waals surface area contributed by atoms with Gasteiger partial charge >= 0.3 is 0 Å². The Labute approximate surface area is 110 Å². The number of hydrogen-bond acceptors (Lipinski definition) is 3. The van der Waals surface area contributed by atoms with Crippen LogP contribution >= 0.6 is 0 Å². The Morgan fingerprint density at radius 3 is 2.78 bits per heavy atom. The smallest absolute Gasteiger partial charge is 0.0880 e. The maximum absolute atomic E-state index is 10.3. The first-order chi connectivity index (χ1) is 8.31. The van der Waals surface area contributed by atoms with E-state index in [1.807, 2.05) is 0 Å². The molecule has 0 aromatic rings. The van der Waals surface area contributed by atoms with E-state index in [1.165, 1.54) is 5.57 Å². The van der Waals surface area contributed by atoms with E-state index in [0.29, 0.717) is 0 Å². The van der Waals surface area contributed by atoms with Crippen LogP contribution in [0.3, 0.4) is 0 Å². The number of aliphatic hydroxyl groups excluding tert-OH is 2. The molecule has 104 valence electrons. The van der Waals surface area contributed by atoms with Gasteiger partial charge in [-0.2, -0.15) is 0 Å². The Hall–Kier alpha value is -0.380. The maximum Gasteiger partial charge on any atom is 0.0880 e. The summed E-state index contributed by atoms with van der Waals surface area (Å²) in [6, 6.07) is 0. The summed E-state index contributed by atoms with van der Waals surface area (Å²) in [5.74, 6) is 0.291. The van der Waals surface area contributed by atoms with E-state index < -0.39 is 5.60 Å². The van der Waals surface area contributed by atoms with Gasteiger partial charge in [-0.15, -0.1) is 0 Å². The van der Waals surface area contributed by atoms with Crippen molar-refractivity contribution in [3.05, 3.63) is 11.6 Å². The molecule has 2 aliphatic carbocycles. The van der Waals surface area contributed by atoms with Gasteiger partial charge in [0.1, 0.15) is 0 Å². The Morgan fingerprint density at radius 1 is 1.50 bits per heavy atom. The molecule has 0 aromatic carbocycles. The highest BCUT2D eigenvalue weighted by molar-refractivity contribution is 5.23. The van der Waals surface area contributed by atoms with E-state index >= 15 is 0 Å². The van der Waals surface area contributed by atoms with E-state index in [2.05, 4.69) is 19.9 Å². The SMILES string of the molecule is CC1C(O)CCC2=CCC(C(C)(O)CO)CC21C. The number of aliphatic hydroxyl groups is 3. The lowest BCUT2D eigenvalue weighted by molar-refractivity contribution is -0.0762. The highest BCUT2D eigenvalue weighted by atomic mass is 16.3. The largest absolute Gasteiger partial charge is 0.393 e. The lowest BCUT2D eigenvalue weighted by Gasteiger charge is -2.51. The molecule has 5 atom stereocenters. The molecule has 2 rings (SSSR count). The van der Waals surface area contributed by atoms with Gasteiger partial charge in [0.25, 0.3) is 0 Å². The van der Waals surface area contributed by atoms with Crippen molar-refractivity contribution in [2.45, 2.75) is 58.2 Å². The second-order valence-corrected chi connectivity index (χ2v) is 6.69. The summed E-state index contributed by atoms with van der Waals surface area (Å²) in [5.41, 5.74) is 0.387. The third kappa shape index (κ3) is 2.13. The first-order valence-corrected chi connectivity index (χ1v) is 7.02. The van der Waals surface area contributed by atoms with E-state index in [-0.39, 0.29) is 30.0 Å². The van der Waals surface area contributed by atoms with E-state index in [1.54, 1.807) is 6.92 Å². The molecule has 0 heterocycles. The summed E-state index contributed by atoms with van der Waals surface area (Å²) in [6.45, 7) is 5.82. The van der Waals surface area contributed by atoms with E-state index in [9.17, 15) is 15.3 Å². The summed E-state index contributed by atoms with van der Waals surface area (Å²) < 4.78 is 0. The Balaban J connectivity index is 2.26. The third-order valence-corrected chi connectivity index (χ3v) is 5.54. The van der Waals surface area contributed by atoms with Gasteiger partial charge in [-0.25, -0.2) is 0 Å².